The maximum absolute atomic E-state index is 13.4. The smallest absolute Gasteiger partial charge is 0.258 e. The van der Waals surface area contributed by atoms with E-state index in [4.69, 9.17) is 4.74 Å². The van der Waals surface area contributed by atoms with E-state index >= 15 is 0 Å². The fraction of sp³-hybridized carbons (Fsp3) is 0.458. The van der Waals surface area contributed by atoms with E-state index in [0.717, 1.165) is 11.8 Å². The summed E-state index contributed by atoms with van der Waals surface area (Å²) in [6.45, 7) is 5.37. The maximum atomic E-state index is 13.4. The van der Waals surface area contributed by atoms with Gasteiger partial charge in [0.2, 0.25) is 20.0 Å². The van der Waals surface area contributed by atoms with Crippen molar-refractivity contribution in [3.05, 3.63) is 53.6 Å². The van der Waals surface area contributed by atoms with Crippen molar-refractivity contribution in [3.8, 4) is 5.75 Å². The van der Waals surface area contributed by atoms with Crippen LogP contribution >= 0.6 is 0 Å². The van der Waals surface area contributed by atoms with Gasteiger partial charge in [-0.1, -0.05) is 24.6 Å². The Morgan fingerprint density at radius 1 is 1.17 bits per heavy atom. The van der Waals surface area contributed by atoms with Crippen LogP contribution in [0.15, 0.2) is 47.4 Å². The number of carbonyl (C=O) groups is 1. The quantitative estimate of drug-likeness (QED) is 0.523. The van der Waals surface area contributed by atoms with E-state index in [-0.39, 0.29) is 47.5 Å². The van der Waals surface area contributed by atoms with Gasteiger partial charge >= 0.3 is 0 Å². The molecule has 12 heteroatoms. The number of anilines is 1. The van der Waals surface area contributed by atoms with E-state index in [9.17, 15) is 26.7 Å². The molecule has 0 spiro atoms. The molecular weight excluding hydrogens is 506 g/mol. The van der Waals surface area contributed by atoms with Crippen molar-refractivity contribution in [2.75, 3.05) is 37.7 Å². The first-order valence-electron chi connectivity index (χ1n) is 11.5. The second-order valence-corrected chi connectivity index (χ2v) is 13.1. The van der Waals surface area contributed by atoms with E-state index in [1.54, 1.807) is 31.2 Å². The third-order valence-corrected chi connectivity index (χ3v) is 8.58. The first-order chi connectivity index (χ1) is 16.7. The number of benzene rings is 2. The molecule has 0 bridgehead atoms. The van der Waals surface area contributed by atoms with E-state index in [1.165, 1.54) is 34.5 Å². The van der Waals surface area contributed by atoms with E-state index in [2.05, 4.69) is 4.72 Å². The van der Waals surface area contributed by atoms with Gasteiger partial charge in [-0.05, 0) is 44.2 Å². The van der Waals surface area contributed by atoms with Crippen molar-refractivity contribution in [1.82, 2.24) is 9.21 Å². The number of rotatable bonds is 8. The molecule has 0 unspecified atom stereocenters. The van der Waals surface area contributed by atoms with Gasteiger partial charge < -0.3 is 14.7 Å². The number of likely N-dealkylation sites (N-methyl/N-ethyl adjacent to an activating group) is 1. The minimum absolute atomic E-state index is 0.00962. The summed E-state index contributed by atoms with van der Waals surface area (Å²) in [5.41, 5.74) is 1.25. The fourth-order valence-corrected chi connectivity index (χ4v) is 5.70. The highest BCUT2D eigenvalue weighted by atomic mass is 32.2. The standard InChI is InChI=1S/C24H33N3O7S2/c1-16-6-9-20(10-7-16)36(32,33)26(4)14-23-17(2)13-27(18(3)15-28)24(29)21-12-19(25-35(5,30)31)8-11-22(21)34-23/h6-12,17-18,23,25,28H,13-15H2,1-5H3/t17-,18+,23+/m0/s1. The number of nitrogens with one attached hydrogen (secondary N) is 1. The Morgan fingerprint density at radius 3 is 2.39 bits per heavy atom. The average molecular weight is 540 g/mol. The number of fused-ring (bicyclic) bond motifs is 1. The SMILES string of the molecule is Cc1ccc(S(=O)(=O)N(C)C[C@H]2Oc3ccc(NS(C)(=O)=O)cc3C(=O)N([C@H](C)CO)C[C@@H]2C)cc1. The molecule has 0 saturated carbocycles. The Hall–Kier alpha value is -2.67. The molecule has 3 rings (SSSR count). The second-order valence-electron chi connectivity index (χ2n) is 9.31. The van der Waals surface area contributed by atoms with Crippen LogP contribution in [0, 0.1) is 12.8 Å². The van der Waals surface area contributed by atoms with Gasteiger partial charge in [0.05, 0.1) is 35.9 Å². The zero-order valence-electron chi connectivity index (χ0n) is 21.0. The van der Waals surface area contributed by atoms with Crippen molar-refractivity contribution in [2.24, 2.45) is 5.92 Å². The summed E-state index contributed by atoms with van der Waals surface area (Å²) in [6, 6.07) is 10.4. The molecule has 1 aliphatic rings. The van der Waals surface area contributed by atoms with Crippen LogP contribution in [-0.4, -0.2) is 82.2 Å². The fourth-order valence-electron chi connectivity index (χ4n) is 3.96. The molecule has 198 valence electrons. The molecule has 0 aliphatic carbocycles. The molecule has 0 radical (unpaired) electrons. The molecule has 2 aromatic carbocycles. The lowest BCUT2D eigenvalue weighted by atomic mass is 9.99. The van der Waals surface area contributed by atoms with Gasteiger partial charge in [0.25, 0.3) is 5.91 Å². The van der Waals surface area contributed by atoms with Gasteiger partial charge in [-0.15, -0.1) is 0 Å². The van der Waals surface area contributed by atoms with Crippen LogP contribution in [0.4, 0.5) is 5.69 Å². The predicted octanol–water partition coefficient (Wildman–Crippen LogP) is 1.91. The highest BCUT2D eigenvalue weighted by Crippen LogP contribution is 2.31. The topological polar surface area (TPSA) is 133 Å². The lowest BCUT2D eigenvalue weighted by Crippen LogP contribution is -2.50. The molecule has 2 N–H and O–H groups in total. The Kier molecular flexibility index (Phi) is 8.33. The first-order valence-corrected chi connectivity index (χ1v) is 14.8. The van der Waals surface area contributed by atoms with Crippen LogP contribution in [0.2, 0.25) is 0 Å². The number of ether oxygens (including phenoxy) is 1. The lowest BCUT2D eigenvalue weighted by molar-refractivity contribution is 0.0387. The summed E-state index contributed by atoms with van der Waals surface area (Å²) >= 11 is 0. The minimum atomic E-state index is -3.79. The van der Waals surface area contributed by atoms with Crippen LogP contribution in [0.1, 0.15) is 29.8 Å². The van der Waals surface area contributed by atoms with Crippen LogP contribution in [0.25, 0.3) is 0 Å². The van der Waals surface area contributed by atoms with Crippen molar-refractivity contribution in [2.45, 2.75) is 37.8 Å². The normalized spacial score (nSPS) is 19.8. The molecule has 1 heterocycles. The minimum Gasteiger partial charge on any atom is -0.488 e. The molecule has 10 nitrogen and oxygen atoms in total. The van der Waals surface area contributed by atoms with Gasteiger partial charge in [-0.3, -0.25) is 9.52 Å². The zero-order chi connectivity index (χ0) is 26.8. The number of hydrogen-bond acceptors (Lipinski definition) is 7. The van der Waals surface area contributed by atoms with E-state index in [0.29, 0.717) is 0 Å². The Balaban J connectivity index is 1.99. The Bertz CT molecular complexity index is 1310. The number of nitrogens with zero attached hydrogens (tertiary/aromatic N) is 2. The summed E-state index contributed by atoms with van der Waals surface area (Å²) in [7, 11) is -5.90. The van der Waals surface area contributed by atoms with Crippen LogP contribution in [-0.2, 0) is 20.0 Å². The molecule has 2 aromatic rings. The largest absolute Gasteiger partial charge is 0.488 e. The summed E-state index contributed by atoms with van der Waals surface area (Å²) < 4.78 is 59.5. The predicted molar refractivity (Wildman–Crippen MR) is 137 cm³/mol. The summed E-state index contributed by atoms with van der Waals surface area (Å²) in [5.74, 6) is -0.512. The van der Waals surface area contributed by atoms with E-state index in [1.807, 2.05) is 13.8 Å². The second kappa shape index (κ2) is 10.8. The molecule has 1 amide bonds. The van der Waals surface area contributed by atoms with Crippen molar-refractivity contribution >= 4 is 31.6 Å². The summed E-state index contributed by atoms with van der Waals surface area (Å²) in [5, 5.41) is 9.77. The zero-order valence-corrected chi connectivity index (χ0v) is 22.6. The van der Waals surface area contributed by atoms with Crippen LogP contribution in [0.5, 0.6) is 5.75 Å². The monoisotopic (exact) mass is 539 g/mol. The van der Waals surface area contributed by atoms with Crippen molar-refractivity contribution in [1.29, 1.82) is 0 Å². The molecule has 3 atom stereocenters. The number of hydrogen-bond donors (Lipinski definition) is 2. The number of aliphatic hydroxyl groups excluding tert-OH is 1. The Morgan fingerprint density at radius 2 is 1.81 bits per heavy atom. The van der Waals surface area contributed by atoms with Gasteiger partial charge in [0.1, 0.15) is 11.9 Å². The molecule has 0 fully saturated rings. The van der Waals surface area contributed by atoms with Crippen LogP contribution < -0.4 is 9.46 Å². The maximum Gasteiger partial charge on any atom is 0.258 e. The molecular formula is C24H33N3O7S2. The molecule has 36 heavy (non-hydrogen) atoms. The average Bonchev–Trinajstić information content (AvgIpc) is 2.80. The van der Waals surface area contributed by atoms with Crippen molar-refractivity contribution in [3.63, 3.8) is 0 Å². The number of aliphatic hydroxyl groups is 1. The third kappa shape index (κ3) is 6.36. The van der Waals surface area contributed by atoms with Gasteiger partial charge in [-0.25, -0.2) is 16.8 Å². The van der Waals surface area contributed by atoms with Crippen LogP contribution in [0.3, 0.4) is 0 Å². The number of carbonyl (C=O) groups excluding carboxylic acids is 1. The number of aryl methyl sites for hydroxylation is 1. The van der Waals surface area contributed by atoms with E-state index < -0.39 is 38.1 Å². The highest BCUT2D eigenvalue weighted by molar-refractivity contribution is 7.92. The van der Waals surface area contributed by atoms with Crippen molar-refractivity contribution < 1.29 is 31.5 Å². The van der Waals surface area contributed by atoms with Gasteiger partial charge in [-0.2, -0.15) is 4.31 Å². The lowest BCUT2D eigenvalue weighted by Gasteiger charge is -2.38. The third-order valence-electron chi connectivity index (χ3n) is 6.13. The highest BCUT2D eigenvalue weighted by Gasteiger charge is 2.35. The summed E-state index contributed by atoms with van der Waals surface area (Å²) in [4.78, 5) is 15.1. The number of sulfonamides is 2. The first kappa shape index (κ1) is 27.9. The van der Waals surface area contributed by atoms with Gasteiger partial charge in [0, 0.05) is 25.2 Å². The molecule has 0 aromatic heterocycles. The Labute approximate surface area is 213 Å². The number of amides is 1. The molecule has 0 saturated heterocycles. The molecule has 1 aliphatic heterocycles. The summed E-state index contributed by atoms with van der Waals surface area (Å²) in [6.07, 6.45) is 0.369. The van der Waals surface area contributed by atoms with Gasteiger partial charge in [0.15, 0.2) is 0 Å².